The predicted octanol–water partition coefficient (Wildman–Crippen LogP) is 3.61. The summed E-state index contributed by atoms with van der Waals surface area (Å²) >= 11 is 0. The Labute approximate surface area is 86.8 Å². The number of hydrogen-bond acceptors (Lipinski definition) is 1. The third kappa shape index (κ3) is 1.77. The fraction of sp³-hybridized carbons (Fsp3) is 0.538. The van der Waals surface area contributed by atoms with Crippen molar-refractivity contribution in [3.05, 3.63) is 28.3 Å². The van der Waals surface area contributed by atoms with E-state index in [4.69, 9.17) is 0 Å². The van der Waals surface area contributed by atoms with Crippen LogP contribution in [0.1, 0.15) is 43.0 Å². The third-order valence-electron chi connectivity index (χ3n) is 2.89. The van der Waals surface area contributed by atoms with Crippen LogP contribution in [0, 0.1) is 20.8 Å². The topological polar surface area (TPSA) is 20.2 Å². The van der Waals surface area contributed by atoms with Gasteiger partial charge in [0.05, 0.1) is 0 Å². The van der Waals surface area contributed by atoms with Crippen molar-refractivity contribution in [2.45, 2.75) is 47.0 Å². The molecule has 0 spiro atoms. The molecule has 0 heterocycles. The Morgan fingerprint density at radius 1 is 1.00 bits per heavy atom. The van der Waals surface area contributed by atoms with Crippen LogP contribution in [0.2, 0.25) is 0 Å². The van der Waals surface area contributed by atoms with Crippen molar-refractivity contribution >= 4 is 0 Å². The van der Waals surface area contributed by atoms with Gasteiger partial charge in [-0.25, -0.2) is 0 Å². The minimum atomic E-state index is 0.00657. The molecule has 1 aromatic rings. The van der Waals surface area contributed by atoms with Crippen LogP contribution < -0.4 is 0 Å². The van der Waals surface area contributed by atoms with Gasteiger partial charge < -0.3 is 5.11 Å². The highest BCUT2D eigenvalue weighted by Crippen LogP contribution is 2.36. The zero-order valence-electron chi connectivity index (χ0n) is 10.0. The van der Waals surface area contributed by atoms with Crippen molar-refractivity contribution in [2.75, 3.05) is 0 Å². The number of hydrogen-bond donors (Lipinski definition) is 1. The van der Waals surface area contributed by atoms with Gasteiger partial charge in [0.25, 0.3) is 0 Å². The van der Waals surface area contributed by atoms with Crippen molar-refractivity contribution in [2.24, 2.45) is 0 Å². The van der Waals surface area contributed by atoms with Crippen LogP contribution in [0.15, 0.2) is 6.07 Å². The van der Waals surface area contributed by atoms with Gasteiger partial charge in [0, 0.05) is 5.56 Å². The molecule has 1 aromatic carbocycles. The number of phenols is 1. The van der Waals surface area contributed by atoms with E-state index in [0.29, 0.717) is 5.75 Å². The van der Waals surface area contributed by atoms with Crippen LogP contribution in [0.4, 0.5) is 0 Å². The van der Waals surface area contributed by atoms with E-state index in [1.54, 1.807) is 0 Å². The molecule has 78 valence electrons. The summed E-state index contributed by atoms with van der Waals surface area (Å²) in [4.78, 5) is 0. The maximum Gasteiger partial charge on any atom is 0.119 e. The Hall–Kier alpha value is -0.980. The van der Waals surface area contributed by atoms with Crippen molar-refractivity contribution < 1.29 is 5.11 Å². The molecule has 0 aliphatic heterocycles. The second-order valence-electron chi connectivity index (χ2n) is 5.09. The molecule has 0 amide bonds. The second-order valence-corrected chi connectivity index (χ2v) is 5.09. The fourth-order valence-corrected chi connectivity index (χ4v) is 2.01. The number of rotatable bonds is 0. The maximum absolute atomic E-state index is 9.93. The normalized spacial score (nSPS) is 11.9. The summed E-state index contributed by atoms with van der Waals surface area (Å²) in [6.45, 7) is 12.6. The van der Waals surface area contributed by atoms with Crippen LogP contribution in [0.5, 0.6) is 5.75 Å². The van der Waals surface area contributed by atoms with E-state index < -0.39 is 0 Å². The largest absolute Gasteiger partial charge is 0.508 e. The average Bonchev–Trinajstić information content (AvgIpc) is 1.97. The molecule has 0 radical (unpaired) electrons. The van der Waals surface area contributed by atoms with E-state index in [0.717, 1.165) is 11.1 Å². The van der Waals surface area contributed by atoms with Crippen LogP contribution in [0.3, 0.4) is 0 Å². The van der Waals surface area contributed by atoms with Gasteiger partial charge in [-0.3, -0.25) is 0 Å². The number of aromatic hydroxyl groups is 1. The highest BCUT2D eigenvalue weighted by molar-refractivity contribution is 5.50. The standard InChI is InChI=1S/C13H20O/c1-8-7-11(14)12(13(4,5)6)10(3)9(8)2/h7,14H,1-6H3. The van der Waals surface area contributed by atoms with Gasteiger partial charge in [0.1, 0.15) is 5.75 Å². The SMILES string of the molecule is Cc1cc(O)c(C(C)(C)C)c(C)c1C. The molecule has 0 aliphatic rings. The first kappa shape index (κ1) is 11.1. The van der Waals surface area contributed by atoms with E-state index in [-0.39, 0.29) is 5.41 Å². The lowest BCUT2D eigenvalue weighted by Gasteiger charge is -2.25. The molecule has 1 rings (SSSR count). The molecule has 0 aliphatic carbocycles. The maximum atomic E-state index is 9.93. The van der Waals surface area contributed by atoms with Crippen molar-refractivity contribution in [1.29, 1.82) is 0 Å². The van der Waals surface area contributed by atoms with Crippen LogP contribution in [-0.2, 0) is 5.41 Å². The molecule has 0 atom stereocenters. The minimum Gasteiger partial charge on any atom is -0.508 e. The molecule has 0 aromatic heterocycles. The summed E-state index contributed by atoms with van der Waals surface area (Å²) in [5.41, 5.74) is 4.74. The molecular formula is C13H20O. The zero-order valence-corrected chi connectivity index (χ0v) is 10.0. The van der Waals surface area contributed by atoms with Crippen LogP contribution in [0.25, 0.3) is 0 Å². The molecular weight excluding hydrogens is 172 g/mol. The Bertz CT molecular complexity index is 356. The van der Waals surface area contributed by atoms with Gasteiger partial charge in [-0.1, -0.05) is 20.8 Å². The molecule has 0 bridgehead atoms. The molecule has 1 heteroatoms. The first-order valence-electron chi connectivity index (χ1n) is 5.05. The number of phenolic OH excluding ortho intramolecular Hbond substituents is 1. The van der Waals surface area contributed by atoms with Gasteiger partial charge in [0.15, 0.2) is 0 Å². The van der Waals surface area contributed by atoms with Crippen molar-refractivity contribution in [3.8, 4) is 5.75 Å². The van der Waals surface area contributed by atoms with E-state index >= 15 is 0 Å². The summed E-state index contributed by atoms with van der Waals surface area (Å²) in [6.07, 6.45) is 0. The lowest BCUT2D eigenvalue weighted by Crippen LogP contribution is -2.14. The molecule has 0 fully saturated rings. The predicted molar refractivity (Wildman–Crippen MR) is 61.0 cm³/mol. The first-order chi connectivity index (χ1) is 6.25. The van der Waals surface area contributed by atoms with Crippen molar-refractivity contribution in [1.82, 2.24) is 0 Å². The zero-order chi connectivity index (χ0) is 11.1. The van der Waals surface area contributed by atoms with Gasteiger partial charge >= 0.3 is 0 Å². The summed E-state index contributed by atoms with van der Waals surface area (Å²) in [5, 5.41) is 9.93. The number of benzene rings is 1. The first-order valence-corrected chi connectivity index (χ1v) is 5.05. The molecule has 0 saturated heterocycles. The summed E-state index contributed by atoms with van der Waals surface area (Å²) in [7, 11) is 0. The summed E-state index contributed by atoms with van der Waals surface area (Å²) < 4.78 is 0. The minimum absolute atomic E-state index is 0.00657. The summed E-state index contributed by atoms with van der Waals surface area (Å²) in [5.74, 6) is 0.429. The fourth-order valence-electron chi connectivity index (χ4n) is 2.01. The third-order valence-corrected chi connectivity index (χ3v) is 2.89. The molecule has 1 nitrogen and oxygen atoms in total. The second kappa shape index (κ2) is 3.30. The Balaban J connectivity index is 3.53. The Morgan fingerprint density at radius 2 is 1.50 bits per heavy atom. The smallest absolute Gasteiger partial charge is 0.119 e. The van der Waals surface area contributed by atoms with Gasteiger partial charge in [0.2, 0.25) is 0 Å². The van der Waals surface area contributed by atoms with Gasteiger partial charge in [-0.05, 0) is 48.9 Å². The van der Waals surface area contributed by atoms with Crippen LogP contribution in [-0.4, -0.2) is 5.11 Å². The quantitative estimate of drug-likeness (QED) is 0.665. The average molecular weight is 192 g/mol. The van der Waals surface area contributed by atoms with E-state index in [9.17, 15) is 5.11 Å². The lowest BCUT2D eigenvalue weighted by molar-refractivity contribution is 0.444. The molecule has 0 saturated carbocycles. The summed E-state index contributed by atoms with van der Waals surface area (Å²) in [6, 6.07) is 1.86. The lowest BCUT2D eigenvalue weighted by atomic mass is 9.81. The monoisotopic (exact) mass is 192 g/mol. The molecule has 14 heavy (non-hydrogen) atoms. The van der Waals surface area contributed by atoms with Crippen molar-refractivity contribution in [3.63, 3.8) is 0 Å². The van der Waals surface area contributed by atoms with E-state index in [1.807, 2.05) is 13.0 Å². The number of aryl methyl sites for hydroxylation is 1. The highest BCUT2D eigenvalue weighted by atomic mass is 16.3. The van der Waals surface area contributed by atoms with E-state index in [2.05, 4.69) is 34.6 Å². The highest BCUT2D eigenvalue weighted by Gasteiger charge is 2.22. The molecule has 1 N–H and O–H groups in total. The Morgan fingerprint density at radius 3 is 1.93 bits per heavy atom. The molecule has 0 unspecified atom stereocenters. The van der Waals surface area contributed by atoms with E-state index in [1.165, 1.54) is 11.1 Å². The van der Waals surface area contributed by atoms with Gasteiger partial charge in [-0.2, -0.15) is 0 Å². The Kier molecular flexibility index (Phi) is 2.62. The van der Waals surface area contributed by atoms with Crippen LogP contribution >= 0.6 is 0 Å². The van der Waals surface area contributed by atoms with Gasteiger partial charge in [-0.15, -0.1) is 0 Å².